The third-order valence-corrected chi connectivity index (χ3v) is 6.75. The Morgan fingerprint density at radius 3 is 2.41 bits per heavy atom. The maximum absolute atomic E-state index is 12.5. The Morgan fingerprint density at radius 2 is 1.69 bits per heavy atom. The van der Waals surface area contributed by atoms with Crippen molar-refractivity contribution in [1.82, 2.24) is 19.6 Å². The number of imidazole rings is 1. The lowest BCUT2D eigenvalue weighted by Gasteiger charge is -2.15. The van der Waals surface area contributed by atoms with Crippen LogP contribution < -0.4 is 10.0 Å². The Balaban J connectivity index is 1.37. The summed E-state index contributed by atoms with van der Waals surface area (Å²) in [5, 5.41) is 2.78. The fourth-order valence-corrected chi connectivity index (χ4v) is 4.56. The van der Waals surface area contributed by atoms with Crippen LogP contribution in [0.5, 0.6) is 0 Å². The SMILES string of the molecule is Cc1ccc(S(=O)(=O)N[C@@H](C)C(=O)NCc2ccc(-n3cnc4ccccc43)cc2)cc1. The van der Waals surface area contributed by atoms with Gasteiger partial charge in [0.2, 0.25) is 15.9 Å². The van der Waals surface area contributed by atoms with Gasteiger partial charge in [0.25, 0.3) is 0 Å². The van der Waals surface area contributed by atoms with Crippen molar-refractivity contribution in [2.45, 2.75) is 31.3 Å². The molecular formula is C24H24N4O3S. The highest BCUT2D eigenvalue weighted by atomic mass is 32.2. The van der Waals surface area contributed by atoms with Crippen LogP contribution in [0.25, 0.3) is 16.7 Å². The van der Waals surface area contributed by atoms with E-state index in [4.69, 9.17) is 0 Å². The smallest absolute Gasteiger partial charge is 0.241 e. The maximum Gasteiger partial charge on any atom is 0.241 e. The molecule has 1 amide bonds. The number of amides is 1. The third kappa shape index (κ3) is 4.71. The molecule has 0 aliphatic carbocycles. The van der Waals surface area contributed by atoms with Crippen molar-refractivity contribution in [2.24, 2.45) is 0 Å². The predicted octanol–water partition coefficient (Wildman–Crippen LogP) is 3.32. The van der Waals surface area contributed by atoms with Crippen LogP contribution in [0, 0.1) is 6.92 Å². The number of hydrogen-bond donors (Lipinski definition) is 2. The van der Waals surface area contributed by atoms with Gasteiger partial charge in [0.15, 0.2) is 0 Å². The minimum absolute atomic E-state index is 0.130. The molecule has 8 heteroatoms. The quantitative estimate of drug-likeness (QED) is 0.454. The Labute approximate surface area is 187 Å². The first kappa shape index (κ1) is 21.7. The molecular weight excluding hydrogens is 424 g/mol. The number of carbonyl (C=O) groups excluding carboxylic acids is 1. The number of carbonyl (C=O) groups is 1. The number of para-hydroxylation sites is 2. The van der Waals surface area contributed by atoms with E-state index in [-0.39, 0.29) is 4.90 Å². The summed E-state index contributed by atoms with van der Waals surface area (Å²) in [6.07, 6.45) is 1.78. The molecule has 0 radical (unpaired) electrons. The van der Waals surface area contributed by atoms with Crippen LogP contribution in [0.15, 0.2) is 84.0 Å². The van der Waals surface area contributed by atoms with Gasteiger partial charge in [-0.3, -0.25) is 9.36 Å². The number of rotatable bonds is 7. The Hall–Kier alpha value is -3.49. The molecule has 1 atom stereocenters. The maximum atomic E-state index is 12.5. The zero-order valence-electron chi connectivity index (χ0n) is 17.8. The summed E-state index contributed by atoms with van der Waals surface area (Å²) in [7, 11) is -3.77. The first-order valence-corrected chi connectivity index (χ1v) is 11.7. The second kappa shape index (κ2) is 8.94. The highest BCUT2D eigenvalue weighted by molar-refractivity contribution is 7.89. The van der Waals surface area contributed by atoms with Crippen LogP contribution in [0.1, 0.15) is 18.1 Å². The molecule has 4 rings (SSSR count). The highest BCUT2D eigenvalue weighted by Gasteiger charge is 2.21. The number of nitrogens with one attached hydrogen (secondary N) is 2. The van der Waals surface area contributed by atoms with E-state index in [1.54, 1.807) is 18.5 Å². The van der Waals surface area contributed by atoms with Gasteiger partial charge in [-0.15, -0.1) is 0 Å². The van der Waals surface area contributed by atoms with Crippen molar-refractivity contribution >= 4 is 27.0 Å². The number of aryl methyl sites for hydroxylation is 1. The molecule has 7 nitrogen and oxygen atoms in total. The van der Waals surface area contributed by atoms with Crippen molar-refractivity contribution in [2.75, 3.05) is 0 Å². The predicted molar refractivity (Wildman–Crippen MR) is 124 cm³/mol. The van der Waals surface area contributed by atoms with E-state index in [0.717, 1.165) is 27.8 Å². The van der Waals surface area contributed by atoms with Gasteiger partial charge < -0.3 is 5.32 Å². The molecule has 0 unspecified atom stereocenters. The fraction of sp³-hybridized carbons (Fsp3) is 0.167. The second-order valence-electron chi connectivity index (χ2n) is 7.64. The fourth-order valence-electron chi connectivity index (χ4n) is 3.35. The van der Waals surface area contributed by atoms with Crippen molar-refractivity contribution in [1.29, 1.82) is 0 Å². The van der Waals surface area contributed by atoms with Crippen LogP contribution in [0.4, 0.5) is 0 Å². The normalized spacial score (nSPS) is 12.6. The molecule has 0 bridgehead atoms. The van der Waals surface area contributed by atoms with E-state index in [9.17, 15) is 13.2 Å². The molecule has 2 N–H and O–H groups in total. The highest BCUT2D eigenvalue weighted by Crippen LogP contribution is 2.18. The third-order valence-electron chi connectivity index (χ3n) is 5.19. The minimum Gasteiger partial charge on any atom is -0.351 e. The summed E-state index contributed by atoms with van der Waals surface area (Å²) < 4.78 is 29.4. The molecule has 0 aliphatic rings. The molecule has 3 aromatic carbocycles. The van der Waals surface area contributed by atoms with Gasteiger partial charge in [0.05, 0.1) is 22.0 Å². The monoisotopic (exact) mass is 448 g/mol. The van der Waals surface area contributed by atoms with Gasteiger partial charge in [-0.1, -0.05) is 42.0 Å². The molecule has 0 saturated carbocycles. The first-order chi connectivity index (χ1) is 15.3. The standard InChI is InChI=1S/C24H24N4O3S/c1-17-7-13-21(14-8-17)32(30,31)27-18(2)24(29)25-15-19-9-11-20(12-10-19)28-16-26-22-5-3-4-6-23(22)28/h3-14,16,18,27H,15H2,1-2H3,(H,25,29)/t18-/m0/s1. The van der Waals surface area contributed by atoms with E-state index in [2.05, 4.69) is 15.0 Å². The molecule has 0 fully saturated rings. The largest absolute Gasteiger partial charge is 0.351 e. The van der Waals surface area contributed by atoms with E-state index in [1.807, 2.05) is 60.0 Å². The lowest BCUT2D eigenvalue weighted by atomic mass is 10.2. The molecule has 1 heterocycles. The summed E-state index contributed by atoms with van der Waals surface area (Å²) in [5.41, 5.74) is 4.77. The van der Waals surface area contributed by atoms with Gasteiger partial charge >= 0.3 is 0 Å². The number of benzene rings is 3. The van der Waals surface area contributed by atoms with Crippen molar-refractivity contribution in [3.8, 4) is 5.69 Å². The van der Waals surface area contributed by atoms with Gasteiger partial charge in [-0.2, -0.15) is 4.72 Å². The molecule has 164 valence electrons. The van der Waals surface area contributed by atoms with Crippen LogP contribution in [0.3, 0.4) is 0 Å². The Kier molecular flexibility index (Phi) is 6.07. The molecule has 0 saturated heterocycles. The van der Waals surface area contributed by atoms with Gasteiger partial charge in [0, 0.05) is 12.2 Å². The Bertz CT molecular complexity index is 1340. The first-order valence-electron chi connectivity index (χ1n) is 10.2. The van der Waals surface area contributed by atoms with Gasteiger partial charge in [0.1, 0.15) is 6.33 Å². The zero-order chi connectivity index (χ0) is 22.7. The molecule has 0 aliphatic heterocycles. The number of hydrogen-bond acceptors (Lipinski definition) is 4. The number of fused-ring (bicyclic) bond motifs is 1. The lowest BCUT2D eigenvalue weighted by molar-refractivity contribution is -0.122. The summed E-state index contributed by atoms with van der Waals surface area (Å²) in [4.78, 5) is 17.0. The van der Waals surface area contributed by atoms with E-state index in [1.165, 1.54) is 19.1 Å². The van der Waals surface area contributed by atoms with E-state index >= 15 is 0 Å². The lowest BCUT2D eigenvalue weighted by Crippen LogP contribution is -2.44. The van der Waals surface area contributed by atoms with Gasteiger partial charge in [-0.25, -0.2) is 13.4 Å². The van der Waals surface area contributed by atoms with Crippen molar-refractivity contribution in [3.63, 3.8) is 0 Å². The Morgan fingerprint density at radius 1 is 1.00 bits per heavy atom. The van der Waals surface area contributed by atoms with E-state index in [0.29, 0.717) is 6.54 Å². The van der Waals surface area contributed by atoms with Crippen LogP contribution in [0.2, 0.25) is 0 Å². The summed E-state index contributed by atoms with van der Waals surface area (Å²) in [5.74, 6) is -0.398. The minimum atomic E-state index is -3.77. The molecule has 4 aromatic rings. The average Bonchev–Trinajstić information content (AvgIpc) is 3.22. The van der Waals surface area contributed by atoms with Crippen LogP contribution in [-0.2, 0) is 21.4 Å². The summed E-state index contributed by atoms with van der Waals surface area (Å²) in [6, 6.07) is 21.2. The number of aromatic nitrogens is 2. The van der Waals surface area contributed by atoms with Crippen molar-refractivity contribution in [3.05, 3.63) is 90.3 Å². The molecule has 1 aromatic heterocycles. The van der Waals surface area contributed by atoms with Crippen LogP contribution in [-0.4, -0.2) is 29.9 Å². The number of nitrogens with zero attached hydrogens (tertiary/aromatic N) is 2. The second-order valence-corrected chi connectivity index (χ2v) is 9.36. The molecule has 0 spiro atoms. The average molecular weight is 449 g/mol. The topological polar surface area (TPSA) is 93.1 Å². The van der Waals surface area contributed by atoms with Gasteiger partial charge in [-0.05, 0) is 55.8 Å². The van der Waals surface area contributed by atoms with Crippen LogP contribution >= 0.6 is 0 Å². The number of sulfonamides is 1. The zero-order valence-corrected chi connectivity index (χ0v) is 18.6. The molecule has 32 heavy (non-hydrogen) atoms. The van der Waals surface area contributed by atoms with Crippen molar-refractivity contribution < 1.29 is 13.2 Å². The van der Waals surface area contributed by atoms with E-state index < -0.39 is 22.0 Å². The summed E-state index contributed by atoms with van der Waals surface area (Å²) >= 11 is 0. The summed E-state index contributed by atoms with van der Waals surface area (Å²) in [6.45, 7) is 3.69.